The van der Waals surface area contributed by atoms with Crippen LogP contribution >= 0.6 is 0 Å². The number of hydrogen-bond acceptors (Lipinski definition) is 5. The molecule has 0 aromatic rings. The minimum Gasteiger partial charge on any atom is -0.481 e. The van der Waals surface area contributed by atoms with Crippen LogP contribution in [0, 0.1) is 56.7 Å². The van der Waals surface area contributed by atoms with Gasteiger partial charge < -0.3 is 14.6 Å². The number of carboxylic acids is 1. The van der Waals surface area contributed by atoms with E-state index in [0.717, 1.165) is 38.5 Å². The number of carboxylic acid groups (broad SMARTS) is 1. The number of allylic oxidation sites excluding steroid dienone is 1. The molecule has 5 fully saturated rings. The lowest BCUT2D eigenvalue weighted by Crippen LogP contribution is -2.67. The van der Waals surface area contributed by atoms with Gasteiger partial charge in [-0.15, -0.1) is 0 Å². The topological polar surface area (TPSA) is 89.9 Å². The van der Waals surface area contributed by atoms with Crippen molar-refractivity contribution < 1.29 is 29.0 Å². The average molecular weight is 585 g/mol. The van der Waals surface area contributed by atoms with Gasteiger partial charge >= 0.3 is 17.9 Å². The van der Waals surface area contributed by atoms with Gasteiger partial charge in [-0.05, 0) is 117 Å². The predicted octanol–water partition coefficient (Wildman–Crippen LogP) is 7.98. The maximum Gasteiger partial charge on any atom is 0.306 e. The third-order valence-electron chi connectivity index (χ3n) is 14.6. The molecule has 0 heterocycles. The van der Waals surface area contributed by atoms with Crippen molar-refractivity contribution in [3.8, 4) is 0 Å². The van der Waals surface area contributed by atoms with E-state index in [1.165, 1.54) is 31.3 Å². The van der Waals surface area contributed by atoms with E-state index in [4.69, 9.17) is 14.6 Å². The molecule has 0 amide bonds. The van der Waals surface area contributed by atoms with Gasteiger partial charge in [0.25, 0.3) is 0 Å². The van der Waals surface area contributed by atoms with Crippen LogP contribution in [0.2, 0.25) is 0 Å². The zero-order chi connectivity index (χ0) is 30.9. The molecule has 1 N–H and O–H groups in total. The molecule has 0 bridgehead atoms. The molecule has 236 valence electrons. The van der Waals surface area contributed by atoms with Crippen molar-refractivity contribution in [2.45, 2.75) is 132 Å². The Morgan fingerprint density at radius 2 is 1.52 bits per heavy atom. The first kappa shape index (κ1) is 31.6. The summed E-state index contributed by atoms with van der Waals surface area (Å²) in [5.74, 6) is 1.10. The van der Waals surface area contributed by atoms with Crippen LogP contribution in [-0.2, 0) is 23.9 Å². The number of carbonyl (C=O) groups excluding carboxylic acids is 2. The fourth-order valence-electron chi connectivity index (χ4n) is 12.4. The lowest BCUT2D eigenvalue weighted by molar-refractivity contribution is -0.252. The highest BCUT2D eigenvalue weighted by Gasteiger charge is 2.71. The molecule has 0 unspecified atom stereocenters. The van der Waals surface area contributed by atoms with Gasteiger partial charge in [-0.2, -0.15) is 0 Å². The maximum absolute atomic E-state index is 12.5. The van der Waals surface area contributed by atoms with E-state index in [2.05, 4.69) is 48.1 Å². The second-order valence-electron chi connectivity index (χ2n) is 16.6. The zero-order valence-electron chi connectivity index (χ0n) is 27.4. The number of rotatable bonds is 7. The van der Waals surface area contributed by atoms with Crippen molar-refractivity contribution in [1.82, 2.24) is 0 Å². The predicted molar refractivity (Wildman–Crippen MR) is 162 cm³/mol. The van der Waals surface area contributed by atoms with E-state index in [1.54, 1.807) is 6.92 Å². The summed E-state index contributed by atoms with van der Waals surface area (Å²) >= 11 is 0. The Morgan fingerprint density at radius 3 is 2.17 bits per heavy atom. The number of fused-ring (bicyclic) bond motifs is 7. The molecule has 0 spiro atoms. The van der Waals surface area contributed by atoms with Gasteiger partial charge in [0.1, 0.15) is 6.10 Å². The lowest BCUT2D eigenvalue weighted by Gasteiger charge is -2.73. The largest absolute Gasteiger partial charge is 0.481 e. The molecule has 0 aromatic heterocycles. The summed E-state index contributed by atoms with van der Waals surface area (Å²) in [5, 5.41) is 9.03. The molecule has 0 saturated heterocycles. The van der Waals surface area contributed by atoms with Gasteiger partial charge in [-0.3, -0.25) is 14.4 Å². The Hall–Kier alpha value is -1.85. The number of carbonyl (C=O) groups is 3. The second-order valence-corrected chi connectivity index (χ2v) is 16.6. The van der Waals surface area contributed by atoms with Gasteiger partial charge in [0.2, 0.25) is 0 Å². The van der Waals surface area contributed by atoms with Crippen LogP contribution in [-0.4, -0.2) is 35.7 Å². The highest BCUT2D eigenvalue weighted by Crippen LogP contribution is 2.77. The Balaban J connectivity index is 1.43. The van der Waals surface area contributed by atoms with Gasteiger partial charge in [-0.1, -0.05) is 46.8 Å². The van der Waals surface area contributed by atoms with E-state index in [9.17, 15) is 14.4 Å². The van der Waals surface area contributed by atoms with Crippen LogP contribution in [0.1, 0.15) is 126 Å². The minimum atomic E-state index is -0.962. The molecule has 6 heteroatoms. The normalized spacial score (nSPS) is 45.4. The highest BCUT2D eigenvalue weighted by atomic mass is 16.5. The molecule has 5 saturated carbocycles. The van der Waals surface area contributed by atoms with Crippen LogP contribution in [0.4, 0.5) is 0 Å². The third kappa shape index (κ3) is 4.67. The fourth-order valence-corrected chi connectivity index (χ4v) is 12.4. The Morgan fingerprint density at radius 1 is 0.810 bits per heavy atom. The van der Waals surface area contributed by atoms with Crippen molar-refractivity contribution in [2.24, 2.45) is 56.7 Å². The molecule has 5 rings (SSSR count). The summed E-state index contributed by atoms with van der Waals surface area (Å²) in [6.07, 6.45) is 11.0. The van der Waals surface area contributed by atoms with Gasteiger partial charge in [0.05, 0.1) is 19.4 Å². The number of ether oxygens (including phenoxy) is 2. The molecule has 10 atom stereocenters. The summed E-state index contributed by atoms with van der Waals surface area (Å²) in [5.41, 5.74) is 1.82. The molecule has 6 nitrogen and oxygen atoms in total. The fraction of sp³-hybridized carbons (Fsp3) is 0.861. The molecule has 0 aliphatic heterocycles. The molecular formula is C36H56O6. The molecule has 0 aromatic carbocycles. The standard InChI is InChI=1S/C36H56O6/c1-22(2)24-13-18-36(21-41-30(40)12-11-29(38)39)20-19-34(7)25(31(24)36)9-10-27-33(6)16-15-28(42-23(3)37)32(4,5)26(33)14-17-35(27,34)8/h24-28,31H,1,9-21H2,2-8H3,(H,38,39)/t24-,25+,26-,27+,28-,31+,33-,34+,35+,36+/m0/s1. The van der Waals surface area contributed by atoms with Crippen LogP contribution in [0.3, 0.4) is 0 Å². The summed E-state index contributed by atoms with van der Waals surface area (Å²) in [4.78, 5) is 35.5. The van der Waals surface area contributed by atoms with Crippen molar-refractivity contribution in [1.29, 1.82) is 0 Å². The molecule has 5 aliphatic carbocycles. The quantitative estimate of drug-likeness (QED) is 0.241. The molecule has 5 aliphatic rings. The van der Waals surface area contributed by atoms with Gasteiger partial charge in [0.15, 0.2) is 0 Å². The monoisotopic (exact) mass is 584 g/mol. The van der Waals surface area contributed by atoms with E-state index in [0.29, 0.717) is 36.2 Å². The van der Waals surface area contributed by atoms with Crippen LogP contribution in [0.15, 0.2) is 12.2 Å². The Kier molecular flexibility index (Phi) is 8.00. The van der Waals surface area contributed by atoms with E-state index < -0.39 is 5.97 Å². The Bertz CT molecular complexity index is 1130. The van der Waals surface area contributed by atoms with Crippen molar-refractivity contribution in [2.75, 3.05) is 6.61 Å². The SMILES string of the molecule is C=C(C)[C@@H]1CC[C@]2(COC(=O)CCC(=O)O)CC[C@]3(C)[C@H](CC[C@@H]4[C@@]5(C)CC[C@H](OC(C)=O)C(C)(C)[C@@H]5CC[C@]43C)[C@@H]12. The lowest BCUT2D eigenvalue weighted by atomic mass is 9.32. The van der Waals surface area contributed by atoms with Crippen molar-refractivity contribution in [3.05, 3.63) is 12.2 Å². The average Bonchev–Trinajstić information content (AvgIpc) is 3.28. The van der Waals surface area contributed by atoms with Crippen molar-refractivity contribution >= 4 is 17.9 Å². The maximum atomic E-state index is 12.5. The number of aliphatic carboxylic acids is 1. The second kappa shape index (κ2) is 10.6. The smallest absolute Gasteiger partial charge is 0.306 e. The summed E-state index contributed by atoms with van der Waals surface area (Å²) in [7, 11) is 0. The first-order valence-electron chi connectivity index (χ1n) is 16.7. The van der Waals surface area contributed by atoms with Gasteiger partial charge in [0, 0.05) is 17.8 Å². The van der Waals surface area contributed by atoms with E-state index >= 15 is 0 Å². The first-order chi connectivity index (χ1) is 19.5. The van der Waals surface area contributed by atoms with E-state index in [1.807, 2.05) is 0 Å². The minimum absolute atomic E-state index is 0.00678. The van der Waals surface area contributed by atoms with Gasteiger partial charge in [-0.25, -0.2) is 0 Å². The zero-order valence-corrected chi connectivity index (χ0v) is 27.4. The summed E-state index contributed by atoms with van der Waals surface area (Å²) in [6.45, 7) is 21.1. The number of hydrogen-bond donors (Lipinski definition) is 1. The molecule has 42 heavy (non-hydrogen) atoms. The molecular weight excluding hydrogens is 528 g/mol. The summed E-state index contributed by atoms with van der Waals surface area (Å²) < 4.78 is 11.8. The van der Waals surface area contributed by atoms with Crippen molar-refractivity contribution in [3.63, 3.8) is 0 Å². The van der Waals surface area contributed by atoms with Crippen LogP contribution in [0.25, 0.3) is 0 Å². The Labute approximate surface area is 253 Å². The van der Waals surface area contributed by atoms with Crippen LogP contribution in [0.5, 0.6) is 0 Å². The first-order valence-corrected chi connectivity index (χ1v) is 16.7. The third-order valence-corrected chi connectivity index (χ3v) is 14.6. The number of esters is 2. The van der Waals surface area contributed by atoms with E-state index in [-0.39, 0.29) is 58.0 Å². The highest BCUT2D eigenvalue weighted by molar-refractivity contribution is 5.76. The van der Waals surface area contributed by atoms with Crippen LogP contribution < -0.4 is 0 Å². The molecule has 0 radical (unpaired) electrons. The summed E-state index contributed by atoms with van der Waals surface area (Å²) in [6, 6.07) is 0.